The second kappa shape index (κ2) is 10.2. The molecule has 6 heteroatoms. The third kappa shape index (κ3) is 4.64. The molecule has 0 unspecified atom stereocenters. The Balaban J connectivity index is 1.56. The Labute approximate surface area is 212 Å². The summed E-state index contributed by atoms with van der Waals surface area (Å²) in [7, 11) is 1.49. The number of hydrogen-bond donors (Lipinski definition) is 2. The first-order chi connectivity index (χ1) is 17.5. The van der Waals surface area contributed by atoms with Crippen LogP contribution in [0, 0.1) is 0 Å². The van der Waals surface area contributed by atoms with Gasteiger partial charge >= 0.3 is 5.97 Å². The summed E-state index contributed by atoms with van der Waals surface area (Å²) in [6.45, 7) is 1.88. The normalized spacial score (nSPS) is 22.7. The van der Waals surface area contributed by atoms with Gasteiger partial charge in [0, 0.05) is 29.3 Å². The largest absolute Gasteiger partial charge is 0.504 e. The summed E-state index contributed by atoms with van der Waals surface area (Å²) >= 11 is 0. The predicted octanol–water partition coefficient (Wildman–Crippen LogP) is 5.64. The molecule has 2 aromatic carbocycles. The van der Waals surface area contributed by atoms with E-state index in [-0.39, 0.29) is 29.5 Å². The van der Waals surface area contributed by atoms with Crippen LogP contribution in [-0.2, 0) is 14.3 Å². The van der Waals surface area contributed by atoms with Crippen molar-refractivity contribution in [2.24, 2.45) is 0 Å². The summed E-state index contributed by atoms with van der Waals surface area (Å²) in [5.74, 6) is -0.565. The molecular weight excluding hydrogens is 454 g/mol. The summed E-state index contributed by atoms with van der Waals surface area (Å²) in [4.78, 5) is 27.3. The van der Waals surface area contributed by atoms with E-state index in [0.29, 0.717) is 35.4 Å². The Morgan fingerprint density at radius 3 is 2.47 bits per heavy atom. The molecule has 0 saturated heterocycles. The van der Waals surface area contributed by atoms with Gasteiger partial charge in [-0.15, -0.1) is 0 Å². The number of ether oxygens (including phenoxy) is 2. The molecule has 36 heavy (non-hydrogen) atoms. The Morgan fingerprint density at radius 2 is 1.75 bits per heavy atom. The van der Waals surface area contributed by atoms with Crippen molar-refractivity contribution < 1.29 is 24.2 Å². The van der Waals surface area contributed by atoms with Crippen LogP contribution in [0.2, 0.25) is 0 Å². The zero-order valence-electron chi connectivity index (χ0n) is 20.9. The SMILES string of the molecule is COc1cc([C@@H]2C(C(=O)OC3CCCCC3)=C(C)NC3=C2C(=O)C[C@@H](c2ccccc2)C3)ccc1O. The first-order valence-electron chi connectivity index (χ1n) is 12.8. The quantitative estimate of drug-likeness (QED) is 0.531. The van der Waals surface area contributed by atoms with Crippen LogP contribution in [0.25, 0.3) is 0 Å². The van der Waals surface area contributed by atoms with Crippen LogP contribution in [0.3, 0.4) is 0 Å². The van der Waals surface area contributed by atoms with Crippen molar-refractivity contribution in [3.63, 3.8) is 0 Å². The summed E-state index contributed by atoms with van der Waals surface area (Å²) in [5, 5.41) is 13.6. The predicted molar refractivity (Wildman–Crippen MR) is 137 cm³/mol. The van der Waals surface area contributed by atoms with Gasteiger partial charge in [-0.25, -0.2) is 4.79 Å². The molecule has 0 aromatic heterocycles. The van der Waals surface area contributed by atoms with E-state index in [1.54, 1.807) is 18.2 Å². The maximum absolute atomic E-state index is 13.7. The third-order valence-electron chi connectivity index (χ3n) is 7.68. The highest BCUT2D eigenvalue weighted by molar-refractivity contribution is 6.04. The molecule has 3 aliphatic rings. The molecule has 5 rings (SSSR count). The lowest BCUT2D eigenvalue weighted by molar-refractivity contribution is -0.146. The number of benzene rings is 2. The molecule has 6 nitrogen and oxygen atoms in total. The molecule has 0 amide bonds. The van der Waals surface area contributed by atoms with Crippen LogP contribution in [0.15, 0.2) is 71.1 Å². The number of carbonyl (C=O) groups is 2. The molecular formula is C30H33NO5. The number of aromatic hydroxyl groups is 1. The average Bonchev–Trinajstić information content (AvgIpc) is 2.89. The zero-order chi connectivity index (χ0) is 25.2. The van der Waals surface area contributed by atoms with Crippen molar-refractivity contribution in [2.45, 2.75) is 69.8 Å². The van der Waals surface area contributed by atoms with E-state index in [4.69, 9.17) is 9.47 Å². The lowest BCUT2D eigenvalue weighted by Crippen LogP contribution is -2.37. The molecule has 1 fully saturated rings. The van der Waals surface area contributed by atoms with Crippen LogP contribution in [0.4, 0.5) is 0 Å². The molecule has 2 aromatic rings. The summed E-state index contributed by atoms with van der Waals surface area (Å²) < 4.78 is 11.3. The van der Waals surface area contributed by atoms with Crippen molar-refractivity contribution >= 4 is 11.8 Å². The molecule has 0 bridgehead atoms. The minimum atomic E-state index is -0.587. The average molecular weight is 488 g/mol. The molecule has 1 saturated carbocycles. The highest BCUT2D eigenvalue weighted by atomic mass is 16.5. The number of phenolic OH excluding ortho intramolecular Hbond substituents is 1. The van der Waals surface area contributed by atoms with Gasteiger partial charge in [0.1, 0.15) is 6.10 Å². The summed E-state index contributed by atoms with van der Waals surface area (Å²) in [5.41, 5.74) is 4.47. The van der Waals surface area contributed by atoms with Gasteiger partial charge in [-0.05, 0) is 68.2 Å². The second-order valence-electron chi connectivity index (χ2n) is 10.0. The van der Waals surface area contributed by atoms with E-state index in [1.807, 2.05) is 25.1 Å². The van der Waals surface area contributed by atoms with Crippen molar-refractivity contribution in [3.8, 4) is 11.5 Å². The van der Waals surface area contributed by atoms with Gasteiger partial charge < -0.3 is 19.9 Å². The highest BCUT2D eigenvalue weighted by Gasteiger charge is 2.42. The highest BCUT2D eigenvalue weighted by Crippen LogP contribution is 2.47. The third-order valence-corrected chi connectivity index (χ3v) is 7.68. The maximum atomic E-state index is 13.7. The number of Topliss-reactive ketones (excluding diaryl/α,β-unsaturated/α-hetero) is 1. The van der Waals surface area contributed by atoms with Crippen molar-refractivity contribution in [2.75, 3.05) is 7.11 Å². The second-order valence-corrected chi connectivity index (χ2v) is 10.0. The molecule has 2 aliphatic carbocycles. The molecule has 0 radical (unpaired) electrons. The van der Waals surface area contributed by atoms with Gasteiger partial charge in [-0.2, -0.15) is 0 Å². The molecule has 2 atom stereocenters. The number of allylic oxidation sites excluding steroid dienone is 3. The monoisotopic (exact) mass is 487 g/mol. The molecule has 188 valence electrons. The number of methoxy groups -OCH3 is 1. The number of ketones is 1. The lowest BCUT2D eigenvalue weighted by Gasteiger charge is -2.37. The summed E-state index contributed by atoms with van der Waals surface area (Å²) in [6.07, 6.45) is 5.98. The van der Waals surface area contributed by atoms with E-state index < -0.39 is 5.92 Å². The first kappa shape index (κ1) is 24.2. The number of esters is 1. The van der Waals surface area contributed by atoms with Crippen molar-refractivity contribution in [3.05, 3.63) is 82.2 Å². The van der Waals surface area contributed by atoms with Crippen LogP contribution in [-0.4, -0.2) is 30.1 Å². The van der Waals surface area contributed by atoms with E-state index in [0.717, 1.165) is 42.5 Å². The zero-order valence-corrected chi connectivity index (χ0v) is 20.9. The van der Waals surface area contributed by atoms with Crippen LogP contribution in [0.1, 0.15) is 74.8 Å². The lowest BCUT2D eigenvalue weighted by atomic mass is 9.71. The number of dihydropyridines is 1. The minimum absolute atomic E-state index is 0.00975. The number of rotatable bonds is 5. The summed E-state index contributed by atoms with van der Waals surface area (Å²) in [6, 6.07) is 15.1. The number of nitrogens with one attached hydrogen (secondary N) is 1. The number of phenols is 1. The fourth-order valence-electron chi connectivity index (χ4n) is 5.88. The standard InChI is InChI=1S/C30H33NO5/c1-18-27(30(34)36-22-11-7-4-8-12-22)28(20-13-14-24(32)26(17-20)35-2)29-23(31-18)15-21(16-25(29)33)19-9-5-3-6-10-19/h3,5-6,9-10,13-14,17,21-22,28,31-32H,4,7-8,11-12,15-16H2,1-2H3/t21-,28+/m0/s1. The van der Waals surface area contributed by atoms with Crippen LogP contribution >= 0.6 is 0 Å². The fraction of sp³-hybridized carbons (Fsp3) is 0.400. The Kier molecular flexibility index (Phi) is 6.86. The van der Waals surface area contributed by atoms with Gasteiger partial charge in [-0.1, -0.05) is 42.8 Å². The minimum Gasteiger partial charge on any atom is -0.504 e. The van der Waals surface area contributed by atoms with Gasteiger partial charge in [0.2, 0.25) is 0 Å². The maximum Gasteiger partial charge on any atom is 0.337 e. The van der Waals surface area contributed by atoms with E-state index in [9.17, 15) is 14.7 Å². The number of carbonyl (C=O) groups excluding carboxylic acids is 2. The van der Waals surface area contributed by atoms with Crippen LogP contribution < -0.4 is 10.1 Å². The van der Waals surface area contributed by atoms with E-state index in [2.05, 4.69) is 17.4 Å². The Bertz CT molecular complexity index is 1220. The van der Waals surface area contributed by atoms with Gasteiger partial charge in [0.15, 0.2) is 17.3 Å². The molecule has 2 N–H and O–H groups in total. The fourth-order valence-corrected chi connectivity index (χ4v) is 5.88. The first-order valence-corrected chi connectivity index (χ1v) is 12.8. The smallest absolute Gasteiger partial charge is 0.337 e. The van der Waals surface area contributed by atoms with Gasteiger partial charge in [0.05, 0.1) is 12.7 Å². The topological polar surface area (TPSA) is 84.9 Å². The van der Waals surface area contributed by atoms with E-state index in [1.165, 1.54) is 13.5 Å². The van der Waals surface area contributed by atoms with Crippen LogP contribution in [0.5, 0.6) is 11.5 Å². The van der Waals surface area contributed by atoms with Gasteiger partial charge in [-0.3, -0.25) is 4.79 Å². The molecule has 0 spiro atoms. The van der Waals surface area contributed by atoms with E-state index >= 15 is 0 Å². The number of hydrogen-bond acceptors (Lipinski definition) is 6. The Hall–Kier alpha value is -3.54. The molecule has 1 aliphatic heterocycles. The van der Waals surface area contributed by atoms with Crippen molar-refractivity contribution in [1.82, 2.24) is 5.32 Å². The molecule has 1 heterocycles. The van der Waals surface area contributed by atoms with Gasteiger partial charge in [0.25, 0.3) is 0 Å². The van der Waals surface area contributed by atoms with Crippen molar-refractivity contribution in [1.29, 1.82) is 0 Å². The Morgan fingerprint density at radius 1 is 1.00 bits per heavy atom.